The van der Waals surface area contributed by atoms with Crippen LogP contribution in [0.1, 0.15) is 5.89 Å². The molecule has 0 saturated carbocycles. The second-order valence-corrected chi connectivity index (χ2v) is 7.75. The maximum Gasteiger partial charge on any atom is 0.405 e. The van der Waals surface area contributed by atoms with Crippen molar-refractivity contribution in [3.63, 3.8) is 0 Å². The third kappa shape index (κ3) is 5.44. The summed E-state index contributed by atoms with van der Waals surface area (Å²) in [5.74, 6) is 2.14. The van der Waals surface area contributed by atoms with Gasteiger partial charge in [0.2, 0.25) is 22.7 Å². The summed E-state index contributed by atoms with van der Waals surface area (Å²) in [6.07, 6.45) is -4.33. The van der Waals surface area contributed by atoms with Crippen molar-refractivity contribution in [2.75, 3.05) is 33.2 Å². The van der Waals surface area contributed by atoms with E-state index in [2.05, 4.69) is 25.7 Å². The van der Waals surface area contributed by atoms with Crippen LogP contribution >= 0.6 is 23.1 Å². The van der Waals surface area contributed by atoms with Crippen molar-refractivity contribution in [1.82, 2.24) is 20.4 Å². The van der Waals surface area contributed by atoms with Crippen LogP contribution < -0.4 is 19.5 Å². The number of thioether (sulfide) groups is 1. The molecule has 14 heteroatoms. The molecule has 2 heterocycles. The van der Waals surface area contributed by atoms with Crippen LogP contribution in [0.5, 0.6) is 17.2 Å². The zero-order valence-corrected chi connectivity index (χ0v) is 17.6. The van der Waals surface area contributed by atoms with Crippen LogP contribution in [-0.4, -0.2) is 54.4 Å². The highest BCUT2D eigenvalue weighted by Crippen LogP contribution is 2.41. The Balaban J connectivity index is 1.67. The van der Waals surface area contributed by atoms with E-state index in [4.69, 9.17) is 18.6 Å². The van der Waals surface area contributed by atoms with E-state index in [9.17, 15) is 13.2 Å². The van der Waals surface area contributed by atoms with Crippen molar-refractivity contribution in [2.24, 2.45) is 0 Å². The van der Waals surface area contributed by atoms with Gasteiger partial charge in [-0.1, -0.05) is 23.1 Å². The number of methoxy groups -OCH3 is 3. The summed E-state index contributed by atoms with van der Waals surface area (Å²) in [7, 11) is 4.49. The molecular formula is C16H16F3N5O4S2. The minimum Gasteiger partial charge on any atom is -0.493 e. The van der Waals surface area contributed by atoms with E-state index >= 15 is 0 Å². The maximum absolute atomic E-state index is 12.2. The van der Waals surface area contributed by atoms with Gasteiger partial charge in [0.1, 0.15) is 6.54 Å². The molecule has 3 rings (SSSR count). The van der Waals surface area contributed by atoms with E-state index in [1.54, 1.807) is 12.1 Å². The molecule has 2 aromatic heterocycles. The van der Waals surface area contributed by atoms with Gasteiger partial charge >= 0.3 is 6.18 Å². The number of anilines is 1. The first-order chi connectivity index (χ1) is 14.3. The Hall–Kier alpha value is -2.74. The highest BCUT2D eigenvalue weighted by molar-refractivity contribution is 8.00. The van der Waals surface area contributed by atoms with E-state index in [0.29, 0.717) is 33.0 Å². The van der Waals surface area contributed by atoms with Crippen LogP contribution in [-0.2, 0) is 5.75 Å². The SMILES string of the molecule is COc1cc(-c2nnc(CSc3nnc(NCC(F)(F)F)s3)o2)cc(OC)c1OC. The molecule has 9 nitrogen and oxygen atoms in total. The van der Waals surface area contributed by atoms with Gasteiger partial charge in [0.05, 0.1) is 27.1 Å². The smallest absolute Gasteiger partial charge is 0.405 e. The number of nitrogens with zero attached hydrogens (tertiary/aromatic N) is 4. The predicted octanol–water partition coefficient (Wildman–Crippen LogP) is 3.88. The number of halogens is 3. The number of alkyl halides is 3. The second kappa shape index (κ2) is 9.38. The van der Waals surface area contributed by atoms with Gasteiger partial charge < -0.3 is 23.9 Å². The quantitative estimate of drug-likeness (QED) is 0.470. The van der Waals surface area contributed by atoms with Gasteiger partial charge in [-0.25, -0.2) is 0 Å². The zero-order valence-electron chi connectivity index (χ0n) is 15.9. The fourth-order valence-corrected chi connectivity index (χ4v) is 3.86. The Morgan fingerprint density at radius 2 is 1.73 bits per heavy atom. The van der Waals surface area contributed by atoms with Crippen LogP contribution in [0.25, 0.3) is 11.5 Å². The molecule has 0 radical (unpaired) electrons. The molecule has 0 aliphatic rings. The van der Waals surface area contributed by atoms with Gasteiger partial charge in [-0.05, 0) is 12.1 Å². The molecule has 1 N–H and O–H groups in total. The van der Waals surface area contributed by atoms with Crippen molar-refractivity contribution in [3.05, 3.63) is 18.0 Å². The highest BCUT2D eigenvalue weighted by Gasteiger charge is 2.27. The minimum atomic E-state index is -4.33. The van der Waals surface area contributed by atoms with Gasteiger partial charge in [-0.3, -0.25) is 0 Å². The van der Waals surface area contributed by atoms with Crippen molar-refractivity contribution in [3.8, 4) is 28.7 Å². The Morgan fingerprint density at radius 3 is 2.33 bits per heavy atom. The standard InChI is InChI=1S/C16H16F3N5O4S2/c1-25-9-4-8(5-10(26-2)12(9)27-3)13-22-21-11(28-13)6-29-15-24-23-14(30-15)20-7-16(17,18)19/h4-5H,6-7H2,1-3H3,(H,20,23). The van der Waals surface area contributed by atoms with Crippen LogP contribution in [0, 0.1) is 0 Å². The van der Waals surface area contributed by atoms with Crippen molar-refractivity contribution < 1.29 is 31.8 Å². The van der Waals surface area contributed by atoms with Crippen LogP contribution in [0.15, 0.2) is 20.9 Å². The van der Waals surface area contributed by atoms with Gasteiger partial charge in [0.25, 0.3) is 0 Å². The second-order valence-electron chi connectivity index (χ2n) is 5.55. The monoisotopic (exact) mass is 463 g/mol. The van der Waals surface area contributed by atoms with Crippen LogP contribution in [0.3, 0.4) is 0 Å². The third-order valence-corrected chi connectivity index (χ3v) is 5.54. The van der Waals surface area contributed by atoms with Crippen molar-refractivity contribution in [2.45, 2.75) is 16.3 Å². The van der Waals surface area contributed by atoms with E-state index in [1.807, 2.05) is 0 Å². The molecule has 0 aliphatic heterocycles. The van der Waals surface area contributed by atoms with Gasteiger partial charge in [-0.15, -0.1) is 20.4 Å². The van der Waals surface area contributed by atoms with Crippen LogP contribution in [0.2, 0.25) is 0 Å². The molecule has 0 atom stereocenters. The average molecular weight is 463 g/mol. The average Bonchev–Trinajstić information content (AvgIpc) is 3.38. The summed E-state index contributed by atoms with van der Waals surface area (Å²) in [5, 5.41) is 17.8. The summed E-state index contributed by atoms with van der Waals surface area (Å²) >= 11 is 2.22. The molecule has 0 amide bonds. The molecule has 0 fully saturated rings. The Bertz CT molecular complexity index is 970. The lowest BCUT2D eigenvalue weighted by Crippen LogP contribution is -2.21. The van der Waals surface area contributed by atoms with Gasteiger partial charge in [0, 0.05) is 5.56 Å². The summed E-state index contributed by atoms with van der Waals surface area (Å²) in [6.45, 7) is -1.17. The summed E-state index contributed by atoms with van der Waals surface area (Å²) in [4.78, 5) is 0. The zero-order chi connectivity index (χ0) is 21.7. The van der Waals surface area contributed by atoms with Crippen LogP contribution in [0.4, 0.5) is 18.3 Å². The first kappa shape index (κ1) is 22.0. The fraction of sp³-hybridized carbons (Fsp3) is 0.375. The molecule has 0 unspecified atom stereocenters. The molecule has 1 aromatic carbocycles. The summed E-state index contributed by atoms with van der Waals surface area (Å²) in [5.41, 5.74) is 0.572. The maximum atomic E-state index is 12.2. The van der Waals surface area contributed by atoms with E-state index in [-0.39, 0.29) is 16.8 Å². The number of ether oxygens (including phenoxy) is 3. The normalized spacial score (nSPS) is 11.4. The molecule has 0 aliphatic carbocycles. The largest absolute Gasteiger partial charge is 0.493 e. The van der Waals surface area contributed by atoms with Gasteiger partial charge in [0.15, 0.2) is 15.8 Å². The van der Waals surface area contributed by atoms with Crippen molar-refractivity contribution in [1.29, 1.82) is 0 Å². The molecule has 0 saturated heterocycles. The number of benzene rings is 1. The number of rotatable bonds is 9. The number of aromatic nitrogens is 4. The topological polar surface area (TPSA) is 104 Å². The molecule has 0 bridgehead atoms. The fourth-order valence-electron chi connectivity index (χ4n) is 2.27. The Morgan fingerprint density at radius 1 is 1.03 bits per heavy atom. The van der Waals surface area contributed by atoms with E-state index < -0.39 is 12.7 Å². The molecule has 30 heavy (non-hydrogen) atoms. The molecule has 162 valence electrons. The third-order valence-electron chi connectivity index (χ3n) is 3.54. The summed E-state index contributed by atoms with van der Waals surface area (Å²) in [6, 6.07) is 3.35. The lowest BCUT2D eigenvalue weighted by Gasteiger charge is -2.12. The van der Waals surface area contributed by atoms with Crippen molar-refractivity contribution >= 4 is 28.2 Å². The first-order valence-corrected chi connectivity index (χ1v) is 10.0. The molecule has 0 spiro atoms. The van der Waals surface area contributed by atoms with E-state index in [0.717, 1.165) is 11.3 Å². The predicted molar refractivity (Wildman–Crippen MR) is 103 cm³/mol. The summed E-state index contributed by atoms with van der Waals surface area (Å²) < 4.78 is 58.7. The van der Waals surface area contributed by atoms with Gasteiger partial charge in [-0.2, -0.15) is 13.2 Å². The molecule has 3 aromatic rings. The molecular weight excluding hydrogens is 447 g/mol. The number of nitrogens with one attached hydrogen (secondary N) is 1. The number of hydrogen-bond donors (Lipinski definition) is 1. The lowest BCUT2D eigenvalue weighted by atomic mass is 10.2. The number of hydrogen-bond acceptors (Lipinski definition) is 11. The Labute approximate surface area is 176 Å². The Kier molecular flexibility index (Phi) is 6.87. The minimum absolute atomic E-state index is 0.0819. The lowest BCUT2D eigenvalue weighted by molar-refractivity contribution is -0.115. The first-order valence-electron chi connectivity index (χ1n) is 8.22. The highest BCUT2D eigenvalue weighted by atomic mass is 32.2. The van der Waals surface area contributed by atoms with E-state index in [1.165, 1.54) is 33.1 Å².